The van der Waals surface area contributed by atoms with Gasteiger partial charge in [-0.25, -0.2) is 4.79 Å². The van der Waals surface area contributed by atoms with Gasteiger partial charge in [0.15, 0.2) is 6.10 Å². The standard InChI is InChI=1S/C22H34O5/c1-3-5-13-22(26,4-2)14-9-11-16-17-10-7-6-8-12-19(21(24)25)27-20(17)15-18(16)23/h4,6-7,9,11,16-20,23,26H,2-3,5,8,10,12-15H2,1H3,(H,24,25)/b7-6-,11-9+/t16-,17-,18-,19?,20?,22+/m1/s1. The van der Waals surface area contributed by atoms with E-state index < -0.39 is 23.8 Å². The molecule has 0 aromatic heterocycles. The number of fused-ring (bicyclic) bond motifs is 1. The van der Waals surface area contributed by atoms with E-state index in [-0.39, 0.29) is 17.9 Å². The van der Waals surface area contributed by atoms with E-state index in [9.17, 15) is 20.1 Å². The molecule has 5 nitrogen and oxygen atoms in total. The molecule has 2 aliphatic rings. The Balaban J connectivity index is 2.07. The molecule has 1 heterocycles. The average molecular weight is 379 g/mol. The molecule has 1 aliphatic heterocycles. The van der Waals surface area contributed by atoms with Crippen LogP contribution in [0.3, 0.4) is 0 Å². The zero-order valence-corrected chi connectivity index (χ0v) is 16.3. The van der Waals surface area contributed by atoms with Crippen LogP contribution >= 0.6 is 0 Å². The van der Waals surface area contributed by atoms with Gasteiger partial charge in [0.1, 0.15) is 0 Å². The Morgan fingerprint density at radius 1 is 1.41 bits per heavy atom. The van der Waals surface area contributed by atoms with Crippen molar-refractivity contribution in [3.8, 4) is 0 Å². The molecule has 1 aliphatic carbocycles. The molecule has 152 valence electrons. The summed E-state index contributed by atoms with van der Waals surface area (Å²) in [5.41, 5.74) is -0.918. The molecular weight excluding hydrogens is 344 g/mol. The topological polar surface area (TPSA) is 87.0 Å². The number of ether oxygens (including phenoxy) is 1. The molecule has 6 atom stereocenters. The predicted molar refractivity (Wildman–Crippen MR) is 105 cm³/mol. The summed E-state index contributed by atoms with van der Waals surface area (Å²) >= 11 is 0. The summed E-state index contributed by atoms with van der Waals surface area (Å²) in [6, 6.07) is 0. The predicted octanol–water partition coefficient (Wildman–Crippen LogP) is 3.62. The number of rotatable bonds is 8. The minimum atomic E-state index is -0.940. The van der Waals surface area contributed by atoms with Gasteiger partial charge < -0.3 is 20.1 Å². The van der Waals surface area contributed by atoms with Crippen LogP contribution in [0.15, 0.2) is 37.0 Å². The van der Waals surface area contributed by atoms with E-state index in [4.69, 9.17) is 4.74 Å². The first-order valence-electron chi connectivity index (χ1n) is 10.1. The third-order valence-electron chi connectivity index (χ3n) is 5.85. The average Bonchev–Trinajstić information content (AvgIpc) is 2.97. The van der Waals surface area contributed by atoms with E-state index in [0.717, 1.165) is 19.3 Å². The summed E-state index contributed by atoms with van der Waals surface area (Å²) in [4.78, 5) is 11.4. The summed E-state index contributed by atoms with van der Waals surface area (Å²) in [5.74, 6) is -1.00. The second kappa shape index (κ2) is 10.2. The Morgan fingerprint density at radius 3 is 2.85 bits per heavy atom. The van der Waals surface area contributed by atoms with Gasteiger partial charge in [0, 0.05) is 12.3 Å². The largest absolute Gasteiger partial charge is 0.479 e. The van der Waals surface area contributed by atoms with Crippen LogP contribution in [0.1, 0.15) is 58.3 Å². The first-order chi connectivity index (χ1) is 12.9. The van der Waals surface area contributed by atoms with E-state index >= 15 is 0 Å². The van der Waals surface area contributed by atoms with Crippen molar-refractivity contribution >= 4 is 5.97 Å². The number of unbranched alkanes of at least 4 members (excludes halogenated alkanes) is 1. The summed E-state index contributed by atoms with van der Waals surface area (Å²) in [7, 11) is 0. The van der Waals surface area contributed by atoms with Crippen molar-refractivity contribution in [1.82, 2.24) is 0 Å². The third kappa shape index (κ3) is 6.03. The monoisotopic (exact) mass is 378 g/mol. The minimum absolute atomic E-state index is 0.0416. The molecule has 0 aromatic carbocycles. The van der Waals surface area contributed by atoms with Crippen LogP contribution in [0.4, 0.5) is 0 Å². The van der Waals surface area contributed by atoms with Crippen molar-refractivity contribution in [2.45, 2.75) is 82.2 Å². The number of carboxylic acid groups (broad SMARTS) is 1. The molecule has 1 saturated carbocycles. The lowest BCUT2D eigenvalue weighted by molar-refractivity contribution is -0.156. The quantitative estimate of drug-likeness (QED) is 0.562. The number of allylic oxidation sites excluding steroid dienone is 2. The molecule has 2 rings (SSSR count). The molecule has 2 unspecified atom stereocenters. The number of aliphatic hydroxyl groups is 2. The number of carboxylic acids is 1. The van der Waals surface area contributed by atoms with Gasteiger partial charge >= 0.3 is 5.97 Å². The van der Waals surface area contributed by atoms with Crippen molar-refractivity contribution < 1.29 is 24.9 Å². The van der Waals surface area contributed by atoms with Crippen LogP contribution in [0.5, 0.6) is 0 Å². The van der Waals surface area contributed by atoms with E-state index in [1.807, 2.05) is 18.2 Å². The Kier molecular flexibility index (Phi) is 8.27. The van der Waals surface area contributed by atoms with Crippen molar-refractivity contribution in [2.75, 3.05) is 0 Å². The molecule has 0 radical (unpaired) electrons. The first-order valence-corrected chi connectivity index (χ1v) is 10.1. The maximum absolute atomic E-state index is 11.4. The van der Waals surface area contributed by atoms with E-state index in [2.05, 4.69) is 19.6 Å². The molecule has 1 fully saturated rings. The number of aliphatic hydroxyl groups excluding tert-OH is 1. The van der Waals surface area contributed by atoms with Crippen LogP contribution in [-0.2, 0) is 9.53 Å². The minimum Gasteiger partial charge on any atom is -0.479 e. The number of aliphatic carboxylic acids is 1. The molecule has 27 heavy (non-hydrogen) atoms. The van der Waals surface area contributed by atoms with Gasteiger partial charge in [0.25, 0.3) is 0 Å². The van der Waals surface area contributed by atoms with Gasteiger partial charge in [-0.3, -0.25) is 0 Å². The van der Waals surface area contributed by atoms with Crippen molar-refractivity contribution in [1.29, 1.82) is 0 Å². The van der Waals surface area contributed by atoms with Gasteiger partial charge in [0.05, 0.1) is 17.8 Å². The highest BCUT2D eigenvalue weighted by atomic mass is 16.5. The summed E-state index contributed by atoms with van der Waals surface area (Å²) in [6.07, 6.45) is 13.3. The maximum Gasteiger partial charge on any atom is 0.332 e. The lowest BCUT2D eigenvalue weighted by Gasteiger charge is -2.25. The molecule has 3 N–H and O–H groups in total. The molecule has 0 aromatic rings. The normalized spacial score (nSPS) is 34.9. The SMILES string of the molecule is C=C[C@@](O)(C/C=C/[C@H]1[C@H](O)CC2OC(C(=O)O)CC/C=C\C[C@@H]21)CCCC. The lowest BCUT2D eigenvalue weighted by atomic mass is 9.88. The van der Waals surface area contributed by atoms with E-state index in [0.29, 0.717) is 32.1 Å². The number of carbonyl (C=O) groups is 1. The van der Waals surface area contributed by atoms with Crippen molar-refractivity contribution in [3.05, 3.63) is 37.0 Å². The fourth-order valence-corrected chi connectivity index (χ4v) is 4.12. The van der Waals surface area contributed by atoms with Crippen LogP contribution in [-0.4, -0.2) is 45.2 Å². The van der Waals surface area contributed by atoms with E-state index in [1.165, 1.54) is 0 Å². The van der Waals surface area contributed by atoms with Gasteiger partial charge in [-0.15, -0.1) is 6.58 Å². The van der Waals surface area contributed by atoms with Crippen LogP contribution in [0, 0.1) is 11.8 Å². The van der Waals surface area contributed by atoms with Gasteiger partial charge in [-0.1, -0.05) is 50.1 Å². The van der Waals surface area contributed by atoms with Crippen LogP contribution in [0.25, 0.3) is 0 Å². The molecule has 0 amide bonds. The smallest absolute Gasteiger partial charge is 0.332 e. The fourth-order valence-electron chi connectivity index (χ4n) is 4.12. The molecule has 5 heteroatoms. The fraction of sp³-hybridized carbons (Fsp3) is 0.682. The number of hydrogen-bond acceptors (Lipinski definition) is 4. The highest BCUT2D eigenvalue weighted by Gasteiger charge is 2.43. The van der Waals surface area contributed by atoms with Crippen molar-refractivity contribution in [2.24, 2.45) is 11.8 Å². The van der Waals surface area contributed by atoms with Crippen LogP contribution < -0.4 is 0 Å². The summed E-state index contributed by atoms with van der Waals surface area (Å²) < 4.78 is 5.88. The Hall–Kier alpha value is -1.43. The Morgan fingerprint density at radius 2 is 2.19 bits per heavy atom. The maximum atomic E-state index is 11.4. The van der Waals surface area contributed by atoms with Gasteiger partial charge in [-0.2, -0.15) is 0 Å². The third-order valence-corrected chi connectivity index (χ3v) is 5.85. The summed E-state index contributed by atoms with van der Waals surface area (Å²) in [6.45, 7) is 5.84. The highest BCUT2D eigenvalue weighted by Crippen LogP contribution is 2.40. The number of hydrogen-bond donors (Lipinski definition) is 3. The Labute approximate surface area is 162 Å². The second-order valence-electron chi connectivity index (χ2n) is 7.87. The van der Waals surface area contributed by atoms with E-state index in [1.54, 1.807) is 6.08 Å². The zero-order valence-electron chi connectivity index (χ0n) is 16.3. The molecule has 0 spiro atoms. The molecular formula is C22H34O5. The molecule has 0 bridgehead atoms. The second-order valence-corrected chi connectivity index (χ2v) is 7.87. The van der Waals surface area contributed by atoms with Crippen molar-refractivity contribution in [3.63, 3.8) is 0 Å². The first kappa shape index (κ1) is 21.9. The summed E-state index contributed by atoms with van der Waals surface area (Å²) in [5, 5.41) is 30.5. The zero-order chi connectivity index (χ0) is 19.9. The lowest BCUT2D eigenvalue weighted by Crippen LogP contribution is -2.31. The molecule has 0 saturated heterocycles. The van der Waals surface area contributed by atoms with Crippen LogP contribution in [0.2, 0.25) is 0 Å². The Bertz CT molecular complexity index is 555. The van der Waals surface area contributed by atoms with Gasteiger partial charge in [-0.05, 0) is 38.0 Å². The highest BCUT2D eigenvalue weighted by molar-refractivity contribution is 5.72. The van der Waals surface area contributed by atoms with Gasteiger partial charge in [0.2, 0.25) is 0 Å².